The van der Waals surface area contributed by atoms with Crippen LogP contribution >= 0.6 is 0 Å². The first-order valence-corrected chi connectivity index (χ1v) is 7.73. The molecule has 0 radical (unpaired) electrons. The molecular weight excluding hydrogens is 256 g/mol. The van der Waals surface area contributed by atoms with E-state index in [1.807, 2.05) is 32.6 Å². The number of ether oxygens (including phenoxy) is 1. The highest BCUT2D eigenvalue weighted by Gasteiger charge is 2.33. The van der Waals surface area contributed by atoms with Gasteiger partial charge < -0.3 is 20.1 Å². The Morgan fingerprint density at radius 2 is 2.00 bits per heavy atom. The monoisotopic (exact) mass is 286 g/mol. The summed E-state index contributed by atoms with van der Waals surface area (Å²) in [6.07, 6.45) is 4.12. The minimum Gasteiger partial charge on any atom is -0.444 e. The Bertz CT molecular complexity index is 302. The third kappa shape index (κ3) is 5.29. The van der Waals surface area contributed by atoms with Gasteiger partial charge in [0.2, 0.25) is 0 Å². The summed E-state index contributed by atoms with van der Waals surface area (Å²) in [5.41, 5.74) is -0.465. The molecule has 0 bridgehead atoms. The Morgan fingerprint density at radius 1 is 1.35 bits per heavy atom. The van der Waals surface area contributed by atoms with Crippen molar-refractivity contribution in [2.45, 2.75) is 71.1 Å². The molecule has 0 aromatic carbocycles. The van der Waals surface area contributed by atoms with Gasteiger partial charge in [0.05, 0.1) is 12.6 Å². The molecule has 1 fully saturated rings. The smallest absolute Gasteiger partial charge is 0.410 e. The van der Waals surface area contributed by atoms with Crippen LogP contribution in [0.2, 0.25) is 0 Å². The molecule has 0 aliphatic heterocycles. The lowest BCUT2D eigenvalue weighted by atomic mass is 9.89. The molecule has 0 saturated heterocycles. The van der Waals surface area contributed by atoms with Crippen LogP contribution in [0.4, 0.5) is 4.79 Å². The summed E-state index contributed by atoms with van der Waals surface area (Å²) < 4.78 is 5.51. The van der Waals surface area contributed by atoms with Crippen LogP contribution in [-0.4, -0.2) is 53.5 Å². The lowest BCUT2D eigenvalue weighted by molar-refractivity contribution is 0.00892. The van der Waals surface area contributed by atoms with Crippen LogP contribution < -0.4 is 5.32 Å². The molecule has 1 aliphatic carbocycles. The fraction of sp³-hybridized carbons (Fsp3) is 0.933. The van der Waals surface area contributed by atoms with E-state index in [0.717, 1.165) is 19.3 Å². The first-order valence-electron chi connectivity index (χ1n) is 7.73. The molecule has 1 rings (SSSR count). The zero-order valence-corrected chi connectivity index (χ0v) is 13.3. The normalized spacial score (nSPS) is 23.4. The maximum absolute atomic E-state index is 12.3. The molecule has 0 aromatic rings. The van der Waals surface area contributed by atoms with E-state index < -0.39 is 5.60 Å². The number of likely N-dealkylation sites (N-methyl/N-ethyl adjacent to an activating group) is 1. The quantitative estimate of drug-likeness (QED) is 0.813. The fourth-order valence-corrected chi connectivity index (χ4v) is 2.79. The van der Waals surface area contributed by atoms with Crippen molar-refractivity contribution in [2.24, 2.45) is 0 Å². The number of aliphatic hydroxyl groups is 1. The molecule has 118 valence electrons. The second kappa shape index (κ2) is 7.84. The van der Waals surface area contributed by atoms with Crippen LogP contribution in [0.5, 0.6) is 0 Å². The fourth-order valence-electron chi connectivity index (χ4n) is 2.79. The third-order valence-corrected chi connectivity index (χ3v) is 3.62. The van der Waals surface area contributed by atoms with Crippen LogP contribution in [0.1, 0.15) is 53.4 Å². The minimum atomic E-state index is -0.465. The number of carbonyl (C=O) groups excluding carboxylic acids is 1. The zero-order valence-electron chi connectivity index (χ0n) is 13.3. The van der Waals surface area contributed by atoms with Crippen molar-refractivity contribution < 1.29 is 14.6 Å². The topological polar surface area (TPSA) is 61.8 Å². The summed E-state index contributed by atoms with van der Waals surface area (Å²) in [7, 11) is 0. The van der Waals surface area contributed by atoms with E-state index in [-0.39, 0.29) is 24.8 Å². The Kier molecular flexibility index (Phi) is 6.76. The van der Waals surface area contributed by atoms with Gasteiger partial charge in [-0.15, -0.1) is 0 Å². The Balaban J connectivity index is 2.71. The van der Waals surface area contributed by atoms with Gasteiger partial charge in [-0.05, 0) is 40.5 Å². The van der Waals surface area contributed by atoms with E-state index in [1.165, 1.54) is 6.42 Å². The highest BCUT2D eigenvalue weighted by molar-refractivity contribution is 5.68. The predicted molar refractivity (Wildman–Crippen MR) is 79.7 cm³/mol. The maximum atomic E-state index is 12.3. The molecule has 0 unspecified atom stereocenters. The average Bonchev–Trinajstić information content (AvgIpc) is 2.36. The van der Waals surface area contributed by atoms with Gasteiger partial charge in [-0.1, -0.05) is 12.8 Å². The first-order chi connectivity index (χ1) is 9.39. The number of aliphatic hydroxyl groups excluding tert-OH is 1. The van der Waals surface area contributed by atoms with Crippen molar-refractivity contribution >= 4 is 6.09 Å². The molecule has 20 heavy (non-hydrogen) atoms. The van der Waals surface area contributed by atoms with E-state index in [2.05, 4.69) is 5.32 Å². The van der Waals surface area contributed by atoms with Gasteiger partial charge in [-0.25, -0.2) is 4.79 Å². The highest BCUT2D eigenvalue weighted by atomic mass is 16.6. The Morgan fingerprint density at radius 3 is 2.55 bits per heavy atom. The number of nitrogens with zero attached hydrogens (tertiary/aromatic N) is 1. The van der Waals surface area contributed by atoms with Gasteiger partial charge in [-0.3, -0.25) is 0 Å². The summed E-state index contributed by atoms with van der Waals surface area (Å²) in [6.45, 7) is 9.01. The van der Waals surface area contributed by atoms with Gasteiger partial charge in [0, 0.05) is 19.1 Å². The molecule has 0 aromatic heterocycles. The van der Waals surface area contributed by atoms with Gasteiger partial charge in [-0.2, -0.15) is 0 Å². The standard InChI is InChI=1S/C15H30N2O3/c1-5-17(14(19)20-15(2,3)4)13-9-7-6-8-12(13)16-10-11-18/h12-13,16,18H,5-11H2,1-4H3/t12-,13+/m0/s1. The van der Waals surface area contributed by atoms with Crippen LogP contribution in [0.15, 0.2) is 0 Å². The Labute approximate surface area is 122 Å². The lowest BCUT2D eigenvalue weighted by Crippen LogP contribution is -2.55. The molecule has 2 atom stereocenters. The molecule has 0 heterocycles. The molecule has 5 nitrogen and oxygen atoms in total. The molecule has 1 aliphatic rings. The van der Waals surface area contributed by atoms with Crippen molar-refractivity contribution in [3.63, 3.8) is 0 Å². The molecule has 1 amide bonds. The molecule has 2 N–H and O–H groups in total. The first kappa shape index (κ1) is 17.2. The highest BCUT2D eigenvalue weighted by Crippen LogP contribution is 2.24. The van der Waals surface area contributed by atoms with E-state index in [1.54, 1.807) is 0 Å². The number of carbonyl (C=O) groups is 1. The van der Waals surface area contributed by atoms with Crippen molar-refractivity contribution in [1.82, 2.24) is 10.2 Å². The summed E-state index contributed by atoms with van der Waals surface area (Å²) in [5, 5.41) is 12.3. The maximum Gasteiger partial charge on any atom is 0.410 e. The van der Waals surface area contributed by atoms with E-state index in [0.29, 0.717) is 13.1 Å². The van der Waals surface area contributed by atoms with Crippen molar-refractivity contribution in [2.75, 3.05) is 19.7 Å². The van der Waals surface area contributed by atoms with E-state index >= 15 is 0 Å². The minimum absolute atomic E-state index is 0.127. The van der Waals surface area contributed by atoms with Gasteiger partial charge in [0.25, 0.3) is 0 Å². The van der Waals surface area contributed by atoms with Gasteiger partial charge in [0.1, 0.15) is 5.60 Å². The van der Waals surface area contributed by atoms with Crippen LogP contribution in [0, 0.1) is 0 Å². The van der Waals surface area contributed by atoms with E-state index in [9.17, 15) is 4.79 Å². The molecular formula is C15H30N2O3. The van der Waals surface area contributed by atoms with Crippen molar-refractivity contribution in [3.8, 4) is 0 Å². The molecule has 1 saturated carbocycles. The number of rotatable bonds is 5. The number of hydrogen-bond acceptors (Lipinski definition) is 4. The predicted octanol–water partition coefficient (Wildman–Crippen LogP) is 2.14. The SMILES string of the molecule is CCN(C(=O)OC(C)(C)C)[C@@H]1CCCC[C@@H]1NCCO. The summed E-state index contributed by atoms with van der Waals surface area (Å²) in [5.74, 6) is 0. The van der Waals surface area contributed by atoms with E-state index in [4.69, 9.17) is 9.84 Å². The summed E-state index contributed by atoms with van der Waals surface area (Å²) >= 11 is 0. The summed E-state index contributed by atoms with van der Waals surface area (Å²) in [4.78, 5) is 14.2. The van der Waals surface area contributed by atoms with Gasteiger partial charge in [0.15, 0.2) is 0 Å². The average molecular weight is 286 g/mol. The van der Waals surface area contributed by atoms with Crippen LogP contribution in [0.3, 0.4) is 0 Å². The molecule has 0 spiro atoms. The van der Waals surface area contributed by atoms with Crippen molar-refractivity contribution in [1.29, 1.82) is 0 Å². The molecule has 5 heteroatoms. The Hall–Kier alpha value is -0.810. The van der Waals surface area contributed by atoms with Crippen LogP contribution in [0.25, 0.3) is 0 Å². The largest absolute Gasteiger partial charge is 0.444 e. The lowest BCUT2D eigenvalue weighted by Gasteiger charge is -2.40. The summed E-state index contributed by atoms with van der Waals surface area (Å²) in [6, 6.07) is 0.415. The zero-order chi connectivity index (χ0) is 15.2. The van der Waals surface area contributed by atoms with Crippen molar-refractivity contribution in [3.05, 3.63) is 0 Å². The third-order valence-electron chi connectivity index (χ3n) is 3.62. The van der Waals surface area contributed by atoms with Gasteiger partial charge >= 0.3 is 6.09 Å². The number of hydrogen-bond donors (Lipinski definition) is 2. The number of amides is 1. The van der Waals surface area contributed by atoms with Crippen LogP contribution in [-0.2, 0) is 4.74 Å². The number of nitrogens with one attached hydrogen (secondary N) is 1. The second-order valence-electron chi connectivity index (χ2n) is 6.40. The second-order valence-corrected chi connectivity index (χ2v) is 6.40.